The van der Waals surface area contributed by atoms with Gasteiger partial charge in [0.2, 0.25) is 5.88 Å². The minimum absolute atomic E-state index is 0.137. The zero-order valence-electron chi connectivity index (χ0n) is 22.7. The predicted molar refractivity (Wildman–Crippen MR) is 155 cm³/mol. The van der Waals surface area contributed by atoms with Crippen LogP contribution in [-0.2, 0) is 11.2 Å². The third kappa shape index (κ3) is 6.93. The number of rotatable bonds is 11. The topological polar surface area (TPSA) is 60.6 Å². The van der Waals surface area contributed by atoms with E-state index in [1.807, 2.05) is 44.3 Å². The summed E-state index contributed by atoms with van der Waals surface area (Å²) in [6.07, 6.45) is 12.5. The maximum absolute atomic E-state index is 12.5. The molecule has 1 saturated heterocycles. The molecule has 2 N–H and O–H groups in total. The van der Waals surface area contributed by atoms with E-state index in [-0.39, 0.29) is 12.8 Å². The molecule has 1 fully saturated rings. The summed E-state index contributed by atoms with van der Waals surface area (Å²) in [6, 6.07) is 10.2. The molecule has 0 unspecified atom stereocenters. The molecule has 1 atom stereocenters. The lowest BCUT2D eigenvalue weighted by molar-refractivity contribution is 0.121. The molecule has 0 spiro atoms. The van der Waals surface area contributed by atoms with Gasteiger partial charge in [-0.05, 0) is 104 Å². The second-order valence-corrected chi connectivity index (χ2v) is 9.92. The molecule has 38 heavy (non-hydrogen) atoms. The number of nitrogen functional groups attached to an aromatic ring is 1. The number of hydrogen-bond acceptors (Lipinski definition) is 5. The number of hydrogen-bond donors (Lipinski definition) is 1. The van der Waals surface area contributed by atoms with Crippen molar-refractivity contribution in [3.05, 3.63) is 89.4 Å². The van der Waals surface area contributed by atoms with Gasteiger partial charge in [0.25, 0.3) is 0 Å². The van der Waals surface area contributed by atoms with Crippen LogP contribution in [-0.4, -0.2) is 48.9 Å². The van der Waals surface area contributed by atoms with Gasteiger partial charge in [-0.25, -0.2) is 4.98 Å². The van der Waals surface area contributed by atoms with E-state index in [0.29, 0.717) is 18.9 Å². The average molecular weight is 518 g/mol. The van der Waals surface area contributed by atoms with Crippen LogP contribution in [0.25, 0.3) is 11.1 Å². The minimum Gasteiger partial charge on any atom is -0.494 e. The predicted octanol–water partition coefficient (Wildman–Crippen LogP) is 6.78. The van der Waals surface area contributed by atoms with E-state index in [4.69, 9.17) is 15.2 Å². The quantitative estimate of drug-likeness (QED) is 0.202. The number of benzene rings is 1. The Balaban J connectivity index is 1.67. The van der Waals surface area contributed by atoms with Gasteiger partial charge in [-0.2, -0.15) is 0 Å². The van der Waals surface area contributed by atoms with Crippen molar-refractivity contribution in [2.24, 2.45) is 0 Å². The van der Waals surface area contributed by atoms with Crippen LogP contribution in [0.5, 0.6) is 5.88 Å². The van der Waals surface area contributed by atoms with Crippen LogP contribution in [0.15, 0.2) is 72.7 Å². The van der Waals surface area contributed by atoms with Gasteiger partial charge in [0.15, 0.2) is 0 Å². The lowest BCUT2D eigenvalue weighted by atomic mass is 9.87. The highest BCUT2D eigenvalue weighted by atomic mass is 19.1. The standard InChI is InChI=1S/C32H40FN3O2/c1-4-24(11-10-23(3)38-28-16-19-36(22-28)18-7-17-33)32-29(26-12-15-31(35-21-26)37-5-2)9-6-8-25-20-27(34)13-14-30(25)32/h4,10-15,20-21,28H,1,5-9,16-19,22,34H2,2-3H3/b23-10+,24-11+/t28-/m0/s1. The van der Waals surface area contributed by atoms with Crippen molar-refractivity contribution in [1.82, 2.24) is 9.88 Å². The summed E-state index contributed by atoms with van der Waals surface area (Å²) in [6.45, 7) is 11.0. The Bertz CT molecular complexity index is 1200. The maximum Gasteiger partial charge on any atom is 0.213 e. The van der Waals surface area contributed by atoms with Gasteiger partial charge < -0.3 is 15.2 Å². The van der Waals surface area contributed by atoms with Crippen LogP contribution in [0.1, 0.15) is 56.2 Å². The first kappa shape index (κ1) is 27.6. The van der Waals surface area contributed by atoms with Crippen molar-refractivity contribution in [2.45, 2.75) is 52.1 Å². The Labute approximate surface area is 226 Å². The molecule has 202 valence electrons. The highest BCUT2D eigenvalue weighted by Gasteiger charge is 2.24. The summed E-state index contributed by atoms with van der Waals surface area (Å²) in [5.41, 5.74) is 13.9. The van der Waals surface area contributed by atoms with Gasteiger partial charge in [-0.3, -0.25) is 9.29 Å². The van der Waals surface area contributed by atoms with Crippen molar-refractivity contribution >= 4 is 16.8 Å². The Kier molecular flexibility index (Phi) is 9.77. The lowest BCUT2D eigenvalue weighted by Crippen LogP contribution is -2.24. The van der Waals surface area contributed by atoms with Crippen LogP contribution in [0, 0.1) is 0 Å². The molecular weight excluding hydrogens is 477 g/mol. The van der Waals surface area contributed by atoms with E-state index in [0.717, 1.165) is 73.5 Å². The fraction of sp³-hybridized carbons (Fsp3) is 0.406. The fourth-order valence-electron chi connectivity index (χ4n) is 5.36. The second-order valence-electron chi connectivity index (χ2n) is 9.92. The molecule has 2 aromatic rings. The van der Waals surface area contributed by atoms with Gasteiger partial charge in [0, 0.05) is 37.6 Å². The Morgan fingerprint density at radius 1 is 1.24 bits per heavy atom. The summed E-state index contributed by atoms with van der Waals surface area (Å²) in [5, 5.41) is 0. The average Bonchev–Trinajstić information content (AvgIpc) is 3.28. The largest absolute Gasteiger partial charge is 0.494 e. The zero-order valence-corrected chi connectivity index (χ0v) is 22.7. The number of alkyl halides is 1. The number of fused-ring (bicyclic) bond motifs is 1. The van der Waals surface area contributed by atoms with Crippen LogP contribution in [0.4, 0.5) is 10.1 Å². The number of allylic oxidation sites excluding steroid dienone is 7. The molecule has 4 rings (SSSR count). The summed E-state index contributed by atoms with van der Waals surface area (Å²) >= 11 is 0. The SMILES string of the molecule is C=C/C(=C\C=C(/C)O[C@H]1CCN(CCCF)C1)C1=C(c2ccc(OCC)nc2)CCCc2cc(N)ccc21. The molecule has 2 heterocycles. The number of aromatic nitrogens is 1. The molecule has 5 nitrogen and oxygen atoms in total. The zero-order chi connectivity index (χ0) is 26.9. The maximum atomic E-state index is 12.5. The van der Waals surface area contributed by atoms with Crippen LogP contribution in [0.2, 0.25) is 0 Å². The summed E-state index contributed by atoms with van der Waals surface area (Å²) in [5.74, 6) is 1.49. The van der Waals surface area contributed by atoms with Crippen molar-refractivity contribution in [3.8, 4) is 5.88 Å². The molecule has 0 radical (unpaired) electrons. The van der Waals surface area contributed by atoms with E-state index < -0.39 is 0 Å². The molecule has 0 bridgehead atoms. The molecule has 0 saturated carbocycles. The molecule has 1 aliphatic carbocycles. The van der Waals surface area contributed by atoms with Crippen molar-refractivity contribution in [1.29, 1.82) is 0 Å². The summed E-state index contributed by atoms with van der Waals surface area (Å²) in [4.78, 5) is 6.82. The number of anilines is 1. The Hall–Kier alpha value is -3.38. The number of nitrogens with two attached hydrogens (primary N) is 1. The normalized spacial score (nSPS) is 18.8. The monoisotopic (exact) mass is 517 g/mol. The number of ether oxygens (including phenoxy) is 2. The number of aryl methyl sites for hydroxylation is 1. The van der Waals surface area contributed by atoms with Gasteiger partial charge >= 0.3 is 0 Å². The number of pyridine rings is 1. The number of nitrogens with zero attached hydrogens (tertiary/aromatic N) is 2. The number of likely N-dealkylation sites (tertiary alicyclic amines) is 1. The molecule has 0 amide bonds. The van der Waals surface area contributed by atoms with Crippen LogP contribution in [0.3, 0.4) is 0 Å². The van der Waals surface area contributed by atoms with E-state index in [1.165, 1.54) is 16.7 Å². The lowest BCUT2D eigenvalue weighted by Gasteiger charge is -2.18. The van der Waals surface area contributed by atoms with Gasteiger partial charge in [-0.15, -0.1) is 0 Å². The third-order valence-corrected chi connectivity index (χ3v) is 7.15. The van der Waals surface area contributed by atoms with Gasteiger partial charge in [0.05, 0.1) is 19.0 Å². The van der Waals surface area contributed by atoms with Gasteiger partial charge in [0.1, 0.15) is 6.10 Å². The van der Waals surface area contributed by atoms with Crippen molar-refractivity contribution in [2.75, 3.05) is 38.6 Å². The third-order valence-electron chi connectivity index (χ3n) is 7.15. The first-order chi connectivity index (χ1) is 18.5. The number of halogens is 1. The first-order valence-electron chi connectivity index (χ1n) is 13.7. The highest BCUT2D eigenvalue weighted by molar-refractivity contribution is 6.01. The van der Waals surface area contributed by atoms with E-state index in [1.54, 1.807) is 0 Å². The molecule has 1 aromatic heterocycles. The van der Waals surface area contributed by atoms with E-state index in [2.05, 4.69) is 40.7 Å². The Morgan fingerprint density at radius 3 is 2.84 bits per heavy atom. The van der Waals surface area contributed by atoms with Crippen LogP contribution >= 0.6 is 0 Å². The van der Waals surface area contributed by atoms with E-state index in [9.17, 15) is 4.39 Å². The summed E-state index contributed by atoms with van der Waals surface area (Å²) in [7, 11) is 0. The van der Waals surface area contributed by atoms with Crippen molar-refractivity contribution in [3.63, 3.8) is 0 Å². The second kappa shape index (κ2) is 13.4. The molecular formula is C32H40FN3O2. The molecule has 1 aliphatic heterocycles. The summed E-state index contributed by atoms with van der Waals surface area (Å²) < 4.78 is 24.4. The van der Waals surface area contributed by atoms with Crippen LogP contribution < -0.4 is 10.5 Å². The van der Waals surface area contributed by atoms with Crippen molar-refractivity contribution < 1.29 is 13.9 Å². The Morgan fingerprint density at radius 2 is 2.11 bits per heavy atom. The fourth-order valence-corrected chi connectivity index (χ4v) is 5.36. The molecule has 6 heteroatoms. The van der Waals surface area contributed by atoms with E-state index >= 15 is 0 Å². The minimum atomic E-state index is -0.267. The van der Waals surface area contributed by atoms with Gasteiger partial charge in [-0.1, -0.05) is 24.8 Å². The molecule has 1 aromatic carbocycles. The highest BCUT2D eigenvalue weighted by Crippen LogP contribution is 2.41. The molecule has 2 aliphatic rings. The first-order valence-corrected chi connectivity index (χ1v) is 13.7. The smallest absolute Gasteiger partial charge is 0.213 e.